The van der Waals surface area contributed by atoms with E-state index in [1.807, 2.05) is 38.1 Å². The van der Waals surface area contributed by atoms with Gasteiger partial charge in [0.25, 0.3) is 0 Å². The maximum Gasteiger partial charge on any atom is 0.200 e. The number of hydrogen-bond acceptors (Lipinski definition) is 6. The van der Waals surface area contributed by atoms with Crippen molar-refractivity contribution >= 4 is 26.7 Å². The van der Waals surface area contributed by atoms with Crippen molar-refractivity contribution in [1.29, 1.82) is 5.26 Å². The van der Waals surface area contributed by atoms with E-state index < -0.39 is 15.1 Å². The van der Waals surface area contributed by atoms with E-state index in [0.29, 0.717) is 16.9 Å². The molecule has 0 N–H and O–H groups in total. The third-order valence-electron chi connectivity index (χ3n) is 5.72. The Morgan fingerprint density at radius 2 is 1.63 bits per heavy atom. The second-order valence-corrected chi connectivity index (χ2v) is 9.80. The van der Waals surface area contributed by atoms with Crippen LogP contribution in [0.15, 0.2) is 47.4 Å². The van der Waals surface area contributed by atoms with Gasteiger partial charge in [0.2, 0.25) is 9.84 Å². The van der Waals surface area contributed by atoms with Gasteiger partial charge in [-0.1, -0.05) is 18.2 Å². The van der Waals surface area contributed by atoms with Crippen molar-refractivity contribution in [2.24, 2.45) is 0 Å². The molecule has 0 amide bonds. The second-order valence-electron chi connectivity index (χ2n) is 7.77. The van der Waals surface area contributed by atoms with Crippen LogP contribution in [0.5, 0.6) is 0 Å². The van der Waals surface area contributed by atoms with Crippen LogP contribution in [0.3, 0.4) is 0 Å². The summed E-state index contributed by atoms with van der Waals surface area (Å²) in [5.41, 5.74) is 3.37. The molecule has 0 unspecified atom stereocenters. The van der Waals surface area contributed by atoms with Crippen LogP contribution in [-0.4, -0.2) is 31.5 Å². The first kappa shape index (κ1) is 20.3. The lowest BCUT2D eigenvalue weighted by Gasteiger charge is -2.30. The molecule has 2 heterocycles. The molecule has 7 heteroatoms. The molecule has 1 atom stereocenters. The topological polar surface area (TPSA) is 86.9 Å². The summed E-state index contributed by atoms with van der Waals surface area (Å²) in [6, 6.07) is 14.4. The third-order valence-corrected chi connectivity index (χ3v) is 7.58. The fourth-order valence-corrected chi connectivity index (χ4v) is 5.28. The highest BCUT2D eigenvalue weighted by atomic mass is 32.2. The van der Waals surface area contributed by atoms with E-state index in [2.05, 4.69) is 9.88 Å². The third kappa shape index (κ3) is 3.63. The number of para-hydroxylation sites is 2. The molecule has 0 spiro atoms. The number of hydrogen-bond donors (Lipinski definition) is 0. The van der Waals surface area contributed by atoms with E-state index in [4.69, 9.17) is 4.98 Å². The number of aryl methyl sites for hydroxylation is 2. The van der Waals surface area contributed by atoms with E-state index in [9.17, 15) is 13.7 Å². The highest BCUT2D eigenvalue weighted by molar-refractivity contribution is 7.92. The summed E-state index contributed by atoms with van der Waals surface area (Å²) in [4.78, 5) is 11.6. The summed E-state index contributed by atoms with van der Waals surface area (Å²) in [7, 11) is -3.96. The SMILES string of the molecule is Cc1ccc(S(=O)(=O)[C@H](C#N)c2nc3ccccc3nc2N2CCCCC2)cc1C. The number of rotatable bonds is 4. The van der Waals surface area contributed by atoms with Crippen molar-refractivity contribution in [3.8, 4) is 6.07 Å². The Morgan fingerprint density at radius 3 is 2.27 bits per heavy atom. The minimum Gasteiger partial charge on any atom is -0.355 e. The van der Waals surface area contributed by atoms with E-state index in [1.54, 1.807) is 24.3 Å². The first-order valence-electron chi connectivity index (χ1n) is 10.1. The summed E-state index contributed by atoms with van der Waals surface area (Å²) in [5, 5.41) is 8.56. The van der Waals surface area contributed by atoms with Crippen LogP contribution in [-0.2, 0) is 9.84 Å². The van der Waals surface area contributed by atoms with E-state index in [0.717, 1.165) is 43.5 Å². The molecule has 0 radical (unpaired) electrons. The van der Waals surface area contributed by atoms with Gasteiger partial charge in [-0.3, -0.25) is 0 Å². The molecule has 0 bridgehead atoms. The van der Waals surface area contributed by atoms with Gasteiger partial charge in [0, 0.05) is 13.1 Å². The number of sulfone groups is 1. The largest absolute Gasteiger partial charge is 0.355 e. The molecule has 154 valence electrons. The van der Waals surface area contributed by atoms with Crippen molar-refractivity contribution in [2.45, 2.75) is 43.3 Å². The maximum atomic E-state index is 13.5. The van der Waals surface area contributed by atoms with Crippen molar-refractivity contribution in [3.05, 3.63) is 59.3 Å². The molecule has 2 aromatic carbocycles. The smallest absolute Gasteiger partial charge is 0.200 e. The molecule has 1 fully saturated rings. The van der Waals surface area contributed by atoms with E-state index in [1.165, 1.54) is 0 Å². The van der Waals surface area contributed by atoms with Crippen molar-refractivity contribution < 1.29 is 8.42 Å². The molecular formula is C23H24N4O2S. The summed E-state index contributed by atoms with van der Waals surface area (Å²) >= 11 is 0. The fraction of sp³-hybridized carbons (Fsp3) is 0.348. The van der Waals surface area contributed by atoms with Gasteiger partial charge < -0.3 is 4.90 Å². The molecule has 3 aromatic rings. The average molecular weight is 421 g/mol. The Labute approximate surface area is 177 Å². The van der Waals surface area contributed by atoms with Gasteiger partial charge in [-0.05, 0) is 68.5 Å². The van der Waals surface area contributed by atoms with Gasteiger partial charge in [0.05, 0.1) is 22.0 Å². The Balaban J connectivity index is 1.90. The van der Waals surface area contributed by atoms with Gasteiger partial charge >= 0.3 is 0 Å². The number of fused-ring (bicyclic) bond motifs is 1. The van der Waals surface area contributed by atoms with Crippen LogP contribution in [0.25, 0.3) is 11.0 Å². The highest BCUT2D eigenvalue weighted by Gasteiger charge is 2.35. The summed E-state index contributed by atoms with van der Waals surface area (Å²) in [5.74, 6) is 0.507. The Bertz CT molecular complexity index is 1240. The van der Waals surface area contributed by atoms with E-state index >= 15 is 0 Å². The van der Waals surface area contributed by atoms with Crippen molar-refractivity contribution in [3.63, 3.8) is 0 Å². The van der Waals surface area contributed by atoms with Crippen molar-refractivity contribution in [1.82, 2.24) is 9.97 Å². The lowest BCUT2D eigenvalue weighted by Crippen LogP contribution is -2.32. The molecule has 1 aliphatic rings. The molecular weight excluding hydrogens is 396 g/mol. The number of benzene rings is 2. The minimum atomic E-state index is -3.96. The normalized spacial score (nSPS) is 15.7. The summed E-state index contributed by atoms with van der Waals surface area (Å²) < 4.78 is 27.0. The van der Waals surface area contributed by atoms with Crippen LogP contribution in [0.1, 0.15) is 41.3 Å². The van der Waals surface area contributed by atoms with Crippen LogP contribution in [0, 0.1) is 25.2 Å². The number of nitriles is 1. The van der Waals surface area contributed by atoms with Crippen LogP contribution >= 0.6 is 0 Å². The quantitative estimate of drug-likeness (QED) is 0.626. The van der Waals surface area contributed by atoms with Crippen LogP contribution < -0.4 is 4.90 Å². The van der Waals surface area contributed by atoms with Gasteiger partial charge in [-0.25, -0.2) is 18.4 Å². The number of aromatic nitrogens is 2. The fourth-order valence-electron chi connectivity index (χ4n) is 3.82. The summed E-state index contributed by atoms with van der Waals surface area (Å²) in [6.07, 6.45) is 3.15. The Hall–Kier alpha value is -2.98. The number of nitrogens with zero attached hydrogens (tertiary/aromatic N) is 4. The highest BCUT2D eigenvalue weighted by Crippen LogP contribution is 2.35. The van der Waals surface area contributed by atoms with Gasteiger partial charge in [-0.15, -0.1) is 0 Å². The predicted octanol–water partition coefficient (Wildman–Crippen LogP) is 4.28. The lowest BCUT2D eigenvalue weighted by atomic mass is 10.1. The predicted molar refractivity (Wildman–Crippen MR) is 117 cm³/mol. The Kier molecular flexibility index (Phi) is 5.44. The van der Waals surface area contributed by atoms with Crippen LogP contribution in [0.2, 0.25) is 0 Å². The summed E-state index contributed by atoms with van der Waals surface area (Å²) in [6.45, 7) is 5.35. The second kappa shape index (κ2) is 8.04. The standard InChI is InChI=1S/C23H24N4O2S/c1-16-10-11-18(14-17(16)2)30(28,29)21(15-24)22-23(27-12-6-3-7-13-27)26-20-9-5-4-8-19(20)25-22/h4-5,8-11,14,21H,3,6-7,12-13H2,1-2H3/t21-/m1/s1. The van der Waals surface area contributed by atoms with Gasteiger partial charge in [0.15, 0.2) is 11.1 Å². The molecule has 1 aliphatic heterocycles. The number of anilines is 1. The molecule has 4 rings (SSSR count). The maximum absolute atomic E-state index is 13.5. The zero-order chi connectivity index (χ0) is 21.3. The molecule has 1 aromatic heterocycles. The molecule has 0 saturated carbocycles. The van der Waals surface area contributed by atoms with E-state index in [-0.39, 0.29) is 10.6 Å². The monoisotopic (exact) mass is 420 g/mol. The van der Waals surface area contributed by atoms with Crippen LogP contribution in [0.4, 0.5) is 5.82 Å². The first-order valence-corrected chi connectivity index (χ1v) is 11.7. The number of piperidine rings is 1. The molecule has 30 heavy (non-hydrogen) atoms. The van der Waals surface area contributed by atoms with Crippen molar-refractivity contribution in [2.75, 3.05) is 18.0 Å². The minimum absolute atomic E-state index is 0.136. The average Bonchev–Trinajstić information content (AvgIpc) is 2.76. The zero-order valence-electron chi connectivity index (χ0n) is 17.2. The molecule has 6 nitrogen and oxygen atoms in total. The molecule has 0 aliphatic carbocycles. The van der Waals surface area contributed by atoms with Gasteiger partial charge in [0.1, 0.15) is 5.69 Å². The molecule has 1 saturated heterocycles. The Morgan fingerprint density at radius 1 is 0.967 bits per heavy atom. The zero-order valence-corrected chi connectivity index (χ0v) is 18.0. The first-order chi connectivity index (χ1) is 14.4. The lowest BCUT2D eigenvalue weighted by molar-refractivity contribution is 0.569. The van der Waals surface area contributed by atoms with Gasteiger partial charge in [-0.2, -0.15) is 5.26 Å².